The van der Waals surface area contributed by atoms with Gasteiger partial charge in [-0.25, -0.2) is 35.9 Å². The Hall–Kier alpha value is -2.52. The Morgan fingerprint density at radius 2 is 1.59 bits per heavy atom. The number of carboxylic acids is 2. The quantitative estimate of drug-likeness (QED) is 0.647. The fraction of sp³-hybridized carbons (Fsp3) is 0.167. The van der Waals surface area contributed by atoms with Gasteiger partial charge in [0.15, 0.2) is 23.6 Å². The standard InChI is InChI=1S/C12H4F6O4/c13-2-1-12(18,11(21)22)9(17)4-3(2)5(10(19)20)7(15)8(16)6(4)14/h1,9H,(H,19,20)(H,21,22). The minimum Gasteiger partial charge on any atom is -0.479 e. The molecule has 118 valence electrons. The Balaban J connectivity index is 2.97. The van der Waals surface area contributed by atoms with Crippen molar-refractivity contribution in [3.05, 3.63) is 40.2 Å². The van der Waals surface area contributed by atoms with Crippen LogP contribution in [0.4, 0.5) is 26.3 Å². The predicted molar refractivity (Wildman–Crippen MR) is 57.7 cm³/mol. The minimum atomic E-state index is -4.10. The molecule has 10 heteroatoms. The molecule has 4 nitrogen and oxygen atoms in total. The summed E-state index contributed by atoms with van der Waals surface area (Å²) in [6.45, 7) is 0. The second kappa shape index (κ2) is 4.75. The van der Waals surface area contributed by atoms with Crippen molar-refractivity contribution >= 4 is 17.8 Å². The lowest BCUT2D eigenvalue weighted by atomic mass is 9.82. The van der Waals surface area contributed by atoms with E-state index in [1.54, 1.807) is 0 Å². The lowest BCUT2D eigenvalue weighted by Crippen LogP contribution is -2.40. The first kappa shape index (κ1) is 15.9. The van der Waals surface area contributed by atoms with E-state index in [1.807, 2.05) is 0 Å². The molecule has 0 amide bonds. The zero-order valence-electron chi connectivity index (χ0n) is 10.1. The Morgan fingerprint density at radius 3 is 2.05 bits per heavy atom. The summed E-state index contributed by atoms with van der Waals surface area (Å²) in [7, 11) is 0. The molecule has 1 aliphatic carbocycles. The minimum absolute atomic E-state index is 0.467. The number of benzene rings is 1. The van der Waals surface area contributed by atoms with Crippen LogP contribution in [0.2, 0.25) is 0 Å². The zero-order chi connectivity index (χ0) is 17.0. The summed E-state index contributed by atoms with van der Waals surface area (Å²) in [5.41, 5.74) is -9.29. The largest absolute Gasteiger partial charge is 0.479 e. The van der Waals surface area contributed by atoms with E-state index in [4.69, 9.17) is 10.2 Å². The highest BCUT2D eigenvalue weighted by atomic mass is 19.2. The molecule has 0 saturated heterocycles. The van der Waals surface area contributed by atoms with Crippen molar-refractivity contribution in [3.8, 4) is 0 Å². The Morgan fingerprint density at radius 1 is 1.05 bits per heavy atom. The van der Waals surface area contributed by atoms with Crippen molar-refractivity contribution in [1.29, 1.82) is 0 Å². The number of carbonyl (C=O) groups is 2. The van der Waals surface area contributed by atoms with Crippen LogP contribution in [0.15, 0.2) is 6.08 Å². The molecule has 1 aliphatic rings. The monoisotopic (exact) mass is 326 g/mol. The van der Waals surface area contributed by atoms with E-state index in [2.05, 4.69) is 0 Å². The van der Waals surface area contributed by atoms with E-state index >= 15 is 0 Å². The molecule has 0 aromatic heterocycles. The lowest BCUT2D eigenvalue weighted by Gasteiger charge is -2.28. The number of halogens is 6. The van der Waals surface area contributed by atoms with Crippen LogP contribution >= 0.6 is 0 Å². The van der Waals surface area contributed by atoms with E-state index in [0.717, 1.165) is 0 Å². The third kappa shape index (κ3) is 1.86. The molecule has 2 atom stereocenters. The molecule has 0 bridgehead atoms. The van der Waals surface area contributed by atoms with Gasteiger partial charge in [-0.2, -0.15) is 0 Å². The first-order chi connectivity index (χ1) is 10.0. The van der Waals surface area contributed by atoms with E-state index in [1.165, 1.54) is 0 Å². The highest BCUT2D eigenvalue weighted by molar-refractivity contribution is 5.97. The van der Waals surface area contributed by atoms with E-state index < -0.39 is 69.8 Å². The average Bonchev–Trinajstić information content (AvgIpc) is 2.41. The summed E-state index contributed by atoms with van der Waals surface area (Å²) in [5.74, 6) is -14.1. The zero-order valence-corrected chi connectivity index (χ0v) is 10.1. The highest BCUT2D eigenvalue weighted by Gasteiger charge is 2.54. The molecule has 2 rings (SSSR count). The SMILES string of the molecule is O=C(O)c1c(F)c(F)c(F)c2c1C(F)=CC(F)(C(=O)O)C2F. The topological polar surface area (TPSA) is 74.6 Å². The molecule has 0 radical (unpaired) electrons. The normalized spacial score (nSPS) is 23.7. The number of carboxylic acid groups (broad SMARTS) is 2. The summed E-state index contributed by atoms with van der Waals surface area (Å²) in [5, 5.41) is 17.3. The van der Waals surface area contributed by atoms with Crippen LogP contribution < -0.4 is 0 Å². The van der Waals surface area contributed by atoms with Crippen LogP contribution in [0.25, 0.3) is 5.83 Å². The molecule has 1 aromatic rings. The van der Waals surface area contributed by atoms with Crippen molar-refractivity contribution < 1.29 is 46.1 Å². The fourth-order valence-corrected chi connectivity index (χ4v) is 2.08. The third-order valence-electron chi connectivity index (χ3n) is 3.10. The van der Waals surface area contributed by atoms with Gasteiger partial charge < -0.3 is 10.2 Å². The van der Waals surface area contributed by atoms with E-state index in [9.17, 15) is 35.9 Å². The second-order valence-corrected chi connectivity index (χ2v) is 4.34. The van der Waals surface area contributed by atoms with Gasteiger partial charge in [-0.15, -0.1) is 0 Å². The number of fused-ring (bicyclic) bond motifs is 1. The van der Waals surface area contributed by atoms with Crippen molar-refractivity contribution in [2.45, 2.75) is 11.8 Å². The molecular formula is C12H4F6O4. The van der Waals surface area contributed by atoms with Crippen LogP contribution in [0.3, 0.4) is 0 Å². The number of hydrogen-bond donors (Lipinski definition) is 2. The molecule has 22 heavy (non-hydrogen) atoms. The third-order valence-corrected chi connectivity index (χ3v) is 3.10. The maximum atomic E-state index is 14.0. The first-order valence-electron chi connectivity index (χ1n) is 5.42. The predicted octanol–water partition coefficient (Wildman–Crippen LogP) is 2.93. The summed E-state index contributed by atoms with van der Waals surface area (Å²) in [4.78, 5) is 21.5. The molecule has 2 unspecified atom stereocenters. The molecular weight excluding hydrogens is 322 g/mol. The summed E-state index contributed by atoms with van der Waals surface area (Å²) in [6.07, 6.45) is -3.95. The molecule has 0 heterocycles. The summed E-state index contributed by atoms with van der Waals surface area (Å²) < 4.78 is 82.1. The van der Waals surface area contributed by atoms with Crippen LogP contribution in [0, 0.1) is 17.5 Å². The van der Waals surface area contributed by atoms with Gasteiger partial charge in [-0.3, -0.25) is 0 Å². The maximum Gasteiger partial charge on any atom is 0.349 e. The van der Waals surface area contributed by atoms with Gasteiger partial charge in [0.25, 0.3) is 5.67 Å². The highest BCUT2D eigenvalue weighted by Crippen LogP contribution is 2.48. The Kier molecular flexibility index (Phi) is 3.42. The molecule has 0 saturated carbocycles. The van der Waals surface area contributed by atoms with Gasteiger partial charge in [0.2, 0.25) is 0 Å². The van der Waals surface area contributed by atoms with Crippen molar-refractivity contribution in [2.24, 2.45) is 0 Å². The first-order valence-corrected chi connectivity index (χ1v) is 5.42. The average molecular weight is 326 g/mol. The smallest absolute Gasteiger partial charge is 0.349 e. The molecule has 1 aromatic carbocycles. The molecule has 0 aliphatic heterocycles. The number of hydrogen-bond acceptors (Lipinski definition) is 2. The number of alkyl halides is 2. The van der Waals surface area contributed by atoms with Gasteiger partial charge in [0.1, 0.15) is 11.4 Å². The van der Waals surface area contributed by atoms with Crippen LogP contribution in [0.1, 0.15) is 27.7 Å². The van der Waals surface area contributed by atoms with Crippen LogP contribution in [-0.4, -0.2) is 27.8 Å². The second-order valence-electron chi connectivity index (χ2n) is 4.34. The van der Waals surface area contributed by atoms with Crippen molar-refractivity contribution in [1.82, 2.24) is 0 Å². The number of aliphatic carboxylic acids is 1. The van der Waals surface area contributed by atoms with Gasteiger partial charge in [-0.05, 0) is 0 Å². The van der Waals surface area contributed by atoms with Gasteiger partial charge in [0.05, 0.1) is 0 Å². The number of rotatable bonds is 2. The molecule has 0 spiro atoms. The summed E-state index contributed by atoms with van der Waals surface area (Å²) in [6, 6.07) is 0. The summed E-state index contributed by atoms with van der Waals surface area (Å²) >= 11 is 0. The Bertz CT molecular complexity index is 744. The van der Waals surface area contributed by atoms with E-state index in [-0.39, 0.29) is 0 Å². The number of aromatic carboxylic acids is 1. The van der Waals surface area contributed by atoms with Crippen molar-refractivity contribution in [3.63, 3.8) is 0 Å². The van der Waals surface area contributed by atoms with Crippen LogP contribution in [0.5, 0.6) is 0 Å². The maximum absolute atomic E-state index is 14.0. The van der Waals surface area contributed by atoms with Gasteiger partial charge in [0, 0.05) is 17.2 Å². The van der Waals surface area contributed by atoms with E-state index in [0.29, 0.717) is 0 Å². The fourth-order valence-electron chi connectivity index (χ4n) is 2.08. The van der Waals surface area contributed by atoms with Gasteiger partial charge >= 0.3 is 11.9 Å². The van der Waals surface area contributed by atoms with Crippen LogP contribution in [-0.2, 0) is 4.79 Å². The van der Waals surface area contributed by atoms with Gasteiger partial charge in [-0.1, -0.05) is 0 Å². The van der Waals surface area contributed by atoms with Crippen molar-refractivity contribution in [2.75, 3.05) is 0 Å². The Labute approximate surface area is 117 Å². The lowest BCUT2D eigenvalue weighted by molar-refractivity contribution is -0.152. The molecule has 2 N–H and O–H groups in total. The molecule has 0 fully saturated rings.